The van der Waals surface area contributed by atoms with Crippen LogP contribution in [0.3, 0.4) is 0 Å². The Balaban J connectivity index is 1.94. The van der Waals surface area contributed by atoms with Gasteiger partial charge in [0, 0.05) is 25.2 Å². The van der Waals surface area contributed by atoms with Crippen molar-refractivity contribution < 1.29 is 4.92 Å². The normalized spacial score (nSPS) is 29.6. The van der Waals surface area contributed by atoms with Crippen LogP contribution in [0.5, 0.6) is 0 Å². The summed E-state index contributed by atoms with van der Waals surface area (Å²) < 4.78 is 0. The van der Waals surface area contributed by atoms with Crippen LogP contribution < -0.4 is 10.6 Å². The van der Waals surface area contributed by atoms with E-state index in [9.17, 15) is 10.1 Å². The molecule has 6 heteroatoms. The molecule has 1 aromatic carbocycles. The maximum atomic E-state index is 11.1. The Kier molecular flexibility index (Phi) is 3.11. The van der Waals surface area contributed by atoms with Gasteiger partial charge in [-0.15, -0.1) is 0 Å². The van der Waals surface area contributed by atoms with E-state index in [2.05, 4.69) is 0 Å². The molecule has 1 saturated heterocycles. The minimum atomic E-state index is -0.366. The van der Waals surface area contributed by atoms with Crippen molar-refractivity contribution in [3.63, 3.8) is 0 Å². The van der Waals surface area contributed by atoms with Crippen LogP contribution >= 0.6 is 11.6 Å². The van der Waals surface area contributed by atoms with Crippen molar-refractivity contribution in [2.45, 2.75) is 18.9 Å². The fourth-order valence-electron chi connectivity index (χ4n) is 3.45. The molecule has 19 heavy (non-hydrogen) atoms. The first-order valence-corrected chi connectivity index (χ1v) is 6.89. The Morgan fingerprint density at radius 3 is 2.84 bits per heavy atom. The number of halogens is 1. The highest BCUT2D eigenvalue weighted by Gasteiger charge is 2.42. The SMILES string of the molecule is NC1CCC2CN(c3c(Cl)cccc3[N+](=O)[O-])CC12. The predicted molar refractivity (Wildman–Crippen MR) is 74.5 cm³/mol. The Morgan fingerprint density at radius 2 is 2.16 bits per heavy atom. The molecule has 0 bridgehead atoms. The summed E-state index contributed by atoms with van der Waals surface area (Å²) in [6, 6.07) is 5.05. The quantitative estimate of drug-likeness (QED) is 0.667. The molecule has 3 rings (SSSR count). The van der Waals surface area contributed by atoms with Crippen molar-refractivity contribution in [3.8, 4) is 0 Å². The number of benzene rings is 1. The lowest BCUT2D eigenvalue weighted by atomic mass is 9.98. The first kappa shape index (κ1) is 12.7. The minimum absolute atomic E-state index is 0.0843. The second-order valence-corrected chi connectivity index (χ2v) is 5.84. The Bertz CT molecular complexity index is 523. The van der Waals surface area contributed by atoms with Gasteiger partial charge in [-0.1, -0.05) is 17.7 Å². The number of anilines is 1. The highest BCUT2D eigenvalue weighted by molar-refractivity contribution is 6.33. The molecule has 5 nitrogen and oxygen atoms in total. The molecule has 3 unspecified atom stereocenters. The lowest BCUT2D eigenvalue weighted by Crippen LogP contribution is -2.30. The third-order valence-corrected chi connectivity index (χ3v) is 4.70. The fourth-order valence-corrected chi connectivity index (χ4v) is 3.74. The molecule has 2 fully saturated rings. The molecule has 2 N–H and O–H groups in total. The maximum Gasteiger partial charge on any atom is 0.294 e. The van der Waals surface area contributed by atoms with E-state index in [-0.39, 0.29) is 16.7 Å². The zero-order valence-electron chi connectivity index (χ0n) is 10.5. The van der Waals surface area contributed by atoms with Crippen LogP contribution in [0.2, 0.25) is 5.02 Å². The highest BCUT2D eigenvalue weighted by Crippen LogP contribution is 2.43. The van der Waals surface area contributed by atoms with Gasteiger partial charge in [0.1, 0.15) is 5.69 Å². The summed E-state index contributed by atoms with van der Waals surface area (Å²) in [5.41, 5.74) is 6.74. The number of nitro groups is 1. The van der Waals surface area contributed by atoms with Gasteiger partial charge in [0.05, 0.1) is 9.95 Å². The van der Waals surface area contributed by atoms with Crippen LogP contribution in [0, 0.1) is 22.0 Å². The summed E-state index contributed by atoms with van der Waals surface area (Å²) in [5, 5.41) is 11.6. The second kappa shape index (κ2) is 4.65. The van der Waals surface area contributed by atoms with E-state index in [0.29, 0.717) is 22.5 Å². The number of rotatable bonds is 2. The molecule has 0 spiro atoms. The average Bonchev–Trinajstić information content (AvgIpc) is 2.91. The monoisotopic (exact) mass is 281 g/mol. The van der Waals surface area contributed by atoms with Crippen molar-refractivity contribution in [2.24, 2.45) is 17.6 Å². The van der Waals surface area contributed by atoms with Gasteiger partial charge < -0.3 is 10.6 Å². The molecule has 0 amide bonds. The number of nitrogens with zero attached hydrogens (tertiary/aromatic N) is 2. The third kappa shape index (κ3) is 2.07. The van der Waals surface area contributed by atoms with Crippen molar-refractivity contribution in [2.75, 3.05) is 18.0 Å². The lowest BCUT2D eigenvalue weighted by Gasteiger charge is -2.21. The van der Waals surface area contributed by atoms with Crippen LogP contribution in [0.15, 0.2) is 18.2 Å². The number of fused-ring (bicyclic) bond motifs is 1. The molecular formula is C13H16ClN3O2. The van der Waals surface area contributed by atoms with Gasteiger partial charge in [-0.25, -0.2) is 0 Å². The van der Waals surface area contributed by atoms with Gasteiger partial charge >= 0.3 is 0 Å². The molecule has 1 saturated carbocycles. The van der Waals surface area contributed by atoms with E-state index in [1.54, 1.807) is 12.1 Å². The number of hydrogen-bond donors (Lipinski definition) is 1. The van der Waals surface area contributed by atoms with E-state index in [1.165, 1.54) is 6.07 Å². The maximum absolute atomic E-state index is 11.1. The first-order chi connectivity index (χ1) is 9.08. The minimum Gasteiger partial charge on any atom is -0.364 e. The van der Waals surface area contributed by atoms with E-state index < -0.39 is 0 Å². The van der Waals surface area contributed by atoms with E-state index in [4.69, 9.17) is 17.3 Å². The third-order valence-electron chi connectivity index (χ3n) is 4.39. The van der Waals surface area contributed by atoms with Gasteiger partial charge in [-0.05, 0) is 30.7 Å². The van der Waals surface area contributed by atoms with Crippen LogP contribution in [0.1, 0.15) is 12.8 Å². The lowest BCUT2D eigenvalue weighted by molar-refractivity contribution is -0.384. The topological polar surface area (TPSA) is 72.4 Å². The molecule has 3 atom stereocenters. The smallest absolute Gasteiger partial charge is 0.294 e. The molecule has 1 aromatic rings. The number of para-hydroxylation sites is 1. The van der Waals surface area contributed by atoms with Gasteiger partial charge in [0.25, 0.3) is 5.69 Å². The van der Waals surface area contributed by atoms with Crippen LogP contribution in [0.25, 0.3) is 0 Å². The van der Waals surface area contributed by atoms with Crippen molar-refractivity contribution >= 4 is 23.0 Å². The highest BCUT2D eigenvalue weighted by atomic mass is 35.5. The Hall–Kier alpha value is -1.33. The number of nitrogens with two attached hydrogens (primary N) is 1. The zero-order valence-corrected chi connectivity index (χ0v) is 11.2. The van der Waals surface area contributed by atoms with Crippen molar-refractivity contribution in [1.29, 1.82) is 0 Å². The largest absolute Gasteiger partial charge is 0.364 e. The summed E-state index contributed by atoms with van der Waals surface area (Å²) in [6.45, 7) is 1.60. The second-order valence-electron chi connectivity index (χ2n) is 5.43. The summed E-state index contributed by atoms with van der Waals surface area (Å²) in [6.07, 6.45) is 2.17. The van der Waals surface area contributed by atoms with E-state index in [0.717, 1.165) is 25.9 Å². The first-order valence-electron chi connectivity index (χ1n) is 6.51. The Morgan fingerprint density at radius 1 is 1.37 bits per heavy atom. The van der Waals surface area contributed by atoms with Gasteiger partial charge in [0.15, 0.2) is 0 Å². The Labute approximate surface area is 116 Å². The molecule has 1 aliphatic heterocycles. The van der Waals surface area contributed by atoms with Crippen LogP contribution in [-0.2, 0) is 0 Å². The molecule has 1 heterocycles. The molecule has 1 aliphatic carbocycles. The number of nitro benzene ring substituents is 1. The van der Waals surface area contributed by atoms with Gasteiger partial charge in [0.2, 0.25) is 0 Å². The summed E-state index contributed by atoms with van der Waals surface area (Å²) >= 11 is 6.17. The fraction of sp³-hybridized carbons (Fsp3) is 0.538. The molecule has 2 aliphatic rings. The zero-order chi connectivity index (χ0) is 13.6. The summed E-state index contributed by atoms with van der Waals surface area (Å²) in [5.74, 6) is 0.988. The number of hydrogen-bond acceptors (Lipinski definition) is 4. The molecule has 0 aromatic heterocycles. The van der Waals surface area contributed by atoms with Crippen molar-refractivity contribution in [1.82, 2.24) is 0 Å². The average molecular weight is 282 g/mol. The van der Waals surface area contributed by atoms with Crippen LogP contribution in [0.4, 0.5) is 11.4 Å². The van der Waals surface area contributed by atoms with E-state index >= 15 is 0 Å². The van der Waals surface area contributed by atoms with Crippen molar-refractivity contribution in [3.05, 3.63) is 33.3 Å². The molecule has 0 radical (unpaired) electrons. The van der Waals surface area contributed by atoms with Gasteiger partial charge in [-0.2, -0.15) is 0 Å². The van der Waals surface area contributed by atoms with Crippen LogP contribution in [-0.4, -0.2) is 24.1 Å². The molecular weight excluding hydrogens is 266 g/mol. The summed E-state index contributed by atoms with van der Waals surface area (Å²) in [4.78, 5) is 12.8. The summed E-state index contributed by atoms with van der Waals surface area (Å²) in [7, 11) is 0. The predicted octanol–water partition coefficient (Wildman–Crippen LogP) is 2.42. The molecule has 102 valence electrons. The standard InChI is InChI=1S/C13H16ClN3O2/c14-10-2-1-3-12(17(18)19)13(10)16-6-8-4-5-11(15)9(8)7-16/h1-3,8-9,11H,4-7,15H2. The van der Waals surface area contributed by atoms with E-state index in [1.807, 2.05) is 4.90 Å². The van der Waals surface area contributed by atoms with Gasteiger partial charge in [-0.3, -0.25) is 10.1 Å².